The Kier molecular flexibility index (Phi) is 6.15. The van der Waals surface area contributed by atoms with E-state index < -0.39 is 0 Å². The number of fused-ring (bicyclic) bond motifs is 1. The van der Waals surface area contributed by atoms with Crippen molar-refractivity contribution in [3.8, 4) is 11.9 Å². The maximum atomic E-state index is 9.59. The van der Waals surface area contributed by atoms with Crippen LogP contribution in [0.5, 0.6) is 5.75 Å². The van der Waals surface area contributed by atoms with Crippen molar-refractivity contribution in [2.45, 2.75) is 56.1 Å². The number of nitriles is 1. The number of hydrogen-bond donors (Lipinski definition) is 3. The van der Waals surface area contributed by atoms with Crippen molar-refractivity contribution in [1.29, 1.82) is 5.26 Å². The molecule has 3 N–H and O–H groups in total. The summed E-state index contributed by atoms with van der Waals surface area (Å²) in [5, 5.41) is 26.0. The molecular weight excluding hydrogens is 386 g/mol. The van der Waals surface area contributed by atoms with Crippen LogP contribution < -0.4 is 10.6 Å². The Balaban J connectivity index is 1.46. The molecule has 6 nitrogen and oxygen atoms in total. The maximum absolute atomic E-state index is 9.59. The molecule has 31 heavy (non-hydrogen) atoms. The van der Waals surface area contributed by atoms with Gasteiger partial charge in [0.1, 0.15) is 5.75 Å². The first kappa shape index (κ1) is 21.2. The summed E-state index contributed by atoms with van der Waals surface area (Å²) < 4.78 is 0. The van der Waals surface area contributed by atoms with Crippen LogP contribution in [0.2, 0.25) is 0 Å². The van der Waals surface area contributed by atoms with E-state index in [4.69, 9.17) is 0 Å². The van der Waals surface area contributed by atoms with E-state index in [1.807, 2.05) is 18.3 Å². The molecule has 0 aromatic heterocycles. The molecule has 1 unspecified atom stereocenters. The van der Waals surface area contributed by atoms with Crippen molar-refractivity contribution in [3.63, 3.8) is 0 Å². The van der Waals surface area contributed by atoms with Gasteiger partial charge in [-0.25, -0.2) is 0 Å². The average Bonchev–Trinajstić information content (AvgIpc) is 3.53. The lowest BCUT2D eigenvalue weighted by molar-refractivity contribution is 0.226. The van der Waals surface area contributed by atoms with Gasteiger partial charge in [0.2, 0.25) is 12.2 Å². The summed E-state index contributed by atoms with van der Waals surface area (Å²) in [5.41, 5.74) is 3.87. The molecule has 2 aliphatic carbocycles. The van der Waals surface area contributed by atoms with Gasteiger partial charge in [0, 0.05) is 12.1 Å². The third-order valence-corrected chi connectivity index (χ3v) is 6.63. The maximum Gasteiger partial charge on any atom is 0.209 e. The molecule has 0 heterocycles. The van der Waals surface area contributed by atoms with Gasteiger partial charge >= 0.3 is 0 Å². The van der Waals surface area contributed by atoms with Gasteiger partial charge in [-0.2, -0.15) is 5.26 Å². The second-order valence-corrected chi connectivity index (χ2v) is 9.04. The minimum atomic E-state index is -0.114. The fourth-order valence-corrected chi connectivity index (χ4v) is 4.80. The number of benzene rings is 2. The lowest BCUT2D eigenvalue weighted by Gasteiger charge is -2.35. The largest absolute Gasteiger partial charge is 0.508 e. The van der Waals surface area contributed by atoms with Crippen LogP contribution in [-0.2, 0) is 19.3 Å². The van der Waals surface area contributed by atoms with E-state index >= 15 is 0 Å². The number of phenols is 1. The highest BCUT2D eigenvalue weighted by Gasteiger charge is 2.51. The van der Waals surface area contributed by atoms with Crippen LogP contribution in [0.15, 0.2) is 53.5 Å². The smallest absolute Gasteiger partial charge is 0.209 e. The SMILES string of the molecule is CN(C)C(Cc1ccc(O)cc1)C1(NC(=NC#N)N[C@@H]2CCc3ccccc3C2)CC1. The summed E-state index contributed by atoms with van der Waals surface area (Å²) in [6, 6.07) is 16.5. The van der Waals surface area contributed by atoms with E-state index in [1.165, 1.54) is 16.7 Å². The Morgan fingerprint density at radius 2 is 1.90 bits per heavy atom. The van der Waals surface area contributed by atoms with Gasteiger partial charge in [0.05, 0.1) is 5.54 Å². The zero-order valence-electron chi connectivity index (χ0n) is 18.3. The minimum Gasteiger partial charge on any atom is -0.508 e. The zero-order valence-corrected chi connectivity index (χ0v) is 18.3. The Bertz CT molecular complexity index is 972. The first-order valence-corrected chi connectivity index (χ1v) is 11.0. The molecule has 2 atom stereocenters. The molecule has 0 aliphatic heterocycles. The number of aliphatic imine (C=N–C) groups is 1. The third kappa shape index (κ3) is 5.00. The lowest BCUT2D eigenvalue weighted by Crippen LogP contribution is -2.57. The molecule has 0 saturated heterocycles. The topological polar surface area (TPSA) is 83.7 Å². The van der Waals surface area contributed by atoms with E-state index in [2.05, 4.69) is 58.9 Å². The van der Waals surface area contributed by atoms with E-state index in [9.17, 15) is 10.4 Å². The Morgan fingerprint density at radius 3 is 2.55 bits per heavy atom. The van der Waals surface area contributed by atoms with Crippen molar-refractivity contribution in [1.82, 2.24) is 15.5 Å². The number of guanidine groups is 1. The fraction of sp³-hybridized carbons (Fsp3) is 0.440. The number of phenolic OH excluding ortho intramolecular Hbond substituents is 1. The Morgan fingerprint density at radius 1 is 1.19 bits per heavy atom. The second-order valence-electron chi connectivity index (χ2n) is 9.04. The van der Waals surface area contributed by atoms with Gasteiger partial charge in [-0.1, -0.05) is 36.4 Å². The highest BCUT2D eigenvalue weighted by Crippen LogP contribution is 2.42. The first-order valence-electron chi connectivity index (χ1n) is 11.0. The van der Waals surface area contributed by atoms with Crippen LogP contribution in [0.25, 0.3) is 0 Å². The van der Waals surface area contributed by atoms with Gasteiger partial charge in [0.15, 0.2) is 0 Å². The number of likely N-dealkylation sites (N-methyl/N-ethyl adjacent to an activating group) is 1. The number of hydrogen-bond acceptors (Lipinski definition) is 4. The van der Waals surface area contributed by atoms with Crippen molar-refractivity contribution in [3.05, 3.63) is 65.2 Å². The number of nitrogens with zero attached hydrogens (tertiary/aromatic N) is 3. The standard InChI is InChI=1S/C25H31N5O/c1-30(2)23(15-18-7-11-22(31)12-8-18)25(13-14-25)29-24(27-17-26)28-21-10-9-19-5-3-4-6-20(19)16-21/h3-8,11-12,21,23,31H,9-10,13-16H2,1-2H3,(H2,27,28,29)/t21-,23?/m1/s1. The molecule has 0 amide bonds. The van der Waals surface area contributed by atoms with E-state index in [-0.39, 0.29) is 23.4 Å². The molecule has 1 fully saturated rings. The summed E-state index contributed by atoms with van der Waals surface area (Å²) >= 11 is 0. The predicted octanol–water partition coefficient (Wildman–Crippen LogP) is 2.97. The monoisotopic (exact) mass is 417 g/mol. The van der Waals surface area contributed by atoms with Crippen LogP contribution in [0.1, 0.15) is 36.0 Å². The van der Waals surface area contributed by atoms with Gasteiger partial charge in [-0.15, -0.1) is 4.99 Å². The molecule has 0 radical (unpaired) electrons. The summed E-state index contributed by atoms with van der Waals surface area (Å²) in [6.45, 7) is 0. The summed E-state index contributed by atoms with van der Waals surface area (Å²) in [6.07, 6.45) is 7.92. The van der Waals surface area contributed by atoms with E-state index in [1.54, 1.807) is 12.1 Å². The number of aromatic hydroxyl groups is 1. The minimum absolute atomic E-state index is 0.114. The normalized spacial score (nSPS) is 20.5. The van der Waals surface area contributed by atoms with Gasteiger partial charge in [-0.3, -0.25) is 0 Å². The second kappa shape index (κ2) is 8.99. The molecule has 2 aromatic rings. The summed E-state index contributed by atoms with van der Waals surface area (Å²) in [7, 11) is 4.19. The lowest BCUT2D eigenvalue weighted by atomic mass is 9.88. The molecule has 162 valence electrons. The van der Waals surface area contributed by atoms with Crippen LogP contribution in [0, 0.1) is 11.5 Å². The van der Waals surface area contributed by atoms with Crippen molar-refractivity contribution >= 4 is 5.96 Å². The summed E-state index contributed by atoms with van der Waals surface area (Å²) in [4.78, 5) is 6.35. The highest BCUT2D eigenvalue weighted by molar-refractivity contribution is 5.82. The Hall–Kier alpha value is -3.04. The molecule has 0 spiro atoms. The third-order valence-electron chi connectivity index (χ3n) is 6.63. The van der Waals surface area contributed by atoms with Crippen LogP contribution in [0.3, 0.4) is 0 Å². The summed E-state index contributed by atoms with van der Waals surface area (Å²) in [5.74, 6) is 0.869. The van der Waals surface area contributed by atoms with Crippen molar-refractivity contribution < 1.29 is 5.11 Å². The van der Waals surface area contributed by atoms with Crippen LogP contribution in [0.4, 0.5) is 0 Å². The molecule has 2 aromatic carbocycles. The molecule has 2 aliphatic rings. The highest BCUT2D eigenvalue weighted by atomic mass is 16.3. The zero-order chi connectivity index (χ0) is 21.8. The van der Waals surface area contributed by atoms with Crippen LogP contribution in [-0.4, -0.2) is 47.7 Å². The average molecular weight is 418 g/mol. The van der Waals surface area contributed by atoms with Gasteiger partial charge in [-0.05, 0) is 81.4 Å². The molecular formula is C25H31N5O. The molecule has 6 heteroatoms. The van der Waals surface area contributed by atoms with E-state index in [0.29, 0.717) is 5.96 Å². The Labute approximate surface area is 184 Å². The molecule has 0 bridgehead atoms. The van der Waals surface area contributed by atoms with Crippen molar-refractivity contribution in [2.24, 2.45) is 4.99 Å². The number of rotatable bonds is 6. The quantitative estimate of drug-likeness (QED) is 0.382. The number of aryl methyl sites for hydroxylation is 1. The predicted molar refractivity (Wildman–Crippen MR) is 123 cm³/mol. The number of nitrogens with one attached hydrogen (secondary N) is 2. The first-order chi connectivity index (χ1) is 15.0. The van der Waals surface area contributed by atoms with Gasteiger partial charge < -0.3 is 20.6 Å². The fourth-order valence-electron chi connectivity index (χ4n) is 4.80. The van der Waals surface area contributed by atoms with Gasteiger partial charge in [0.25, 0.3) is 0 Å². The molecule has 1 saturated carbocycles. The molecule has 4 rings (SSSR count). The van der Waals surface area contributed by atoms with Crippen LogP contribution >= 0.6 is 0 Å². The van der Waals surface area contributed by atoms with Crippen molar-refractivity contribution in [2.75, 3.05) is 14.1 Å². The van der Waals surface area contributed by atoms with E-state index in [0.717, 1.165) is 38.5 Å².